The lowest BCUT2D eigenvalue weighted by Gasteiger charge is -1.94. The highest BCUT2D eigenvalue weighted by Crippen LogP contribution is 2.08. The van der Waals surface area contributed by atoms with Gasteiger partial charge in [-0.1, -0.05) is 55.6 Å². The van der Waals surface area contributed by atoms with Crippen molar-refractivity contribution in [3.05, 3.63) is 68.2 Å². The predicted octanol–water partition coefficient (Wildman–Crippen LogP) is 4.01. The fraction of sp³-hybridized carbons (Fsp3) is 0.0769. The molecule has 1 aromatic carbocycles. The van der Waals surface area contributed by atoms with Crippen molar-refractivity contribution in [3.63, 3.8) is 0 Å². The van der Waals surface area contributed by atoms with E-state index in [4.69, 9.17) is 0 Å². The summed E-state index contributed by atoms with van der Waals surface area (Å²) in [6, 6.07) is 10.2. The third-order valence-corrected chi connectivity index (χ3v) is 1.46. The summed E-state index contributed by atoms with van der Waals surface area (Å²) < 4.78 is 4.36. The van der Waals surface area contributed by atoms with Crippen LogP contribution in [0.5, 0.6) is 0 Å². The van der Waals surface area contributed by atoms with E-state index in [1.807, 2.05) is 25.1 Å². The normalized spacial score (nSPS) is 7.79. The molecular formula is C13H16O. The zero-order valence-corrected chi connectivity index (χ0v) is 8.57. The molecular weight excluding hydrogens is 172 g/mol. The first kappa shape index (κ1) is 12.2. The zero-order valence-electron chi connectivity index (χ0n) is 8.57. The van der Waals surface area contributed by atoms with Crippen LogP contribution >= 0.6 is 0 Å². The van der Waals surface area contributed by atoms with Crippen molar-refractivity contribution in [3.8, 4) is 0 Å². The largest absolute Gasteiger partial charge is 0.474 e. The maximum absolute atomic E-state index is 4.36. The van der Waals surface area contributed by atoms with Gasteiger partial charge in [-0.05, 0) is 12.5 Å². The minimum atomic E-state index is 1.12. The van der Waals surface area contributed by atoms with Gasteiger partial charge in [-0.25, -0.2) is 0 Å². The van der Waals surface area contributed by atoms with Crippen molar-refractivity contribution in [2.75, 3.05) is 0 Å². The van der Waals surface area contributed by atoms with Gasteiger partial charge in [-0.15, -0.1) is 0 Å². The lowest BCUT2D eigenvalue weighted by Crippen LogP contribution is -1.72. The molecule has 0 spiro atoms. The van der Waals surface area contributed by atoms with Crippen molar-refractivity contribution in [2.45, 2.75) is 6.92 Å². The Bertz CT molecular complexity index is 279. The Balaban J connectivity index is 0.000000292. The summed E-state index contributed by atoms with van der Waals surface area (Å²) in [5.41, 5.74) is 2.34. The topological polar surface area (TPSA) is 9.23 Å². The molecule has 0 radical (unpaired) electrons. The Hall–Kier alpha value is -1.76. The van der Waals surface area contributed by atoms with Crippen molar-refractivity contribution in [2.24, 2.45) is 0 Å². The van der Waals surface area contributed by atoms with E-state index in [1.54, 1.807) is 0 Å². The van der Waals surface area contributed by atoms with Crippen LogP contribution in [0.3, 0.4) is 0 Å². The average Bonchev–Trinajstić information content (AvgIpc) is 2.21. The van der Waals surface area contributed by atoms with Gasteiger partial charge in [0.15, 0.2) is 0 Å². The quantitative estimate of drug-likeness (QED) is 0.651. The highest BCUT2D eigenvalue weighted by molar-refractivity contribution is 5.60. The van der Waals surface area contributed by atoms with Crippen LogP contribution in [0.4, 0.5) is 0 Å². The van der Waals surface area contributed by atoms with Crippen LogP contribution in [0, 0.1) is 0 Å². The Morgan fingerprint density at radius 3 is 1.86 bits per heavy atom. The van der Waals surface area contributed by atoms with Crippen molar-refractivity contribution >= 4 is 5.57 Å². The fourth-order valence-electron chi connectivity index (χ4n) is 0.791. The highest BCUT2D eigenvalue weighted by Gasteiger charge is 1.86. The van der Waals surface area contributed by atoms with Crippen molar-refractivity contribution < 1.29 is 4.74 Å². The number of hydrogen-bond acceptors (Lipinski definition) is 1. The number of rotatable bonds is 3. The lowest BCUT2D eigenvalue weighted by molar-refractivity contribution is 0.406. The first-order valence-electron chi connectivity index (χ1n) is 4.30. The van der Waals surface area contributed by atoms with Crippen LogP contribution < -0.4 is 0 Å². The Morgan fingerprint density at radius 2 is 1.64 bits per heavy atom. The maximum Gasteiger partial charge on any atom is 0.0829 e. The summed E-state index contributed by atoms with van der Waals surface area (Å²) >= 11 is 0. The molecule has 74 valence electrons. The van der Waals surface area contributed by atoms with Crippen molar-refractivity contribution in [1.82, 2.24) is 0 Å². The summed E-state index contributed by atoms with van der Waals surface area (Å²) in [7, 11) is 0. The first-order valence-corrected chi connectivity index (χ1v) is 4.30. The third-order valence-electron chi connectivity index (χ3n) is 1.46. The molecule has 0 aliphatic rings. The molecule has 1 heteroatoms. The van der Waals surface area contributed by atoms with E-state index in [0.29, 0.717) is 0 Å². The molecule has 1 nitrogen and oxygen atoms in total. The first-order chi connectivity index (χ1) is 6.72. The highest BCUT2D eigenvalue weighted by atomic mass is 16.5. The van der Waals surface area contributed by atoms with Crippen LogP contribution in [0.1, 0.15) is 12.5 Å². The summed E-state index contributed by atoms with van der Waals surface area (Å²) in [5.74, 6) is 0. The summed E-state index contributed by atoms with van der Waals surface area (Å²) in [4.78, 5) is 0. The molecule has 0 N–H and O–H groups in total. The van der Waals surface area contributed by atoms with Gasteiger partial charge in [-0.2, -0.15) is 0 Å². The molecule has 0 amide bonds. The van der Waals surface area contributed by atoms with E-state index in [1.165, 1.54) is 18.1 Å². The zero-order chi connectivity index (χ0) is 10.8. The maximum atomic E-state index is 4.36. The molecule has 0 bridgehead atoms. The van der Waals surface area contributed by atoms with E-state index in [9.17, 15) is 0 Å². The monoisotopic (exact) mass is 188 g/mol. The molecule has 0 saturated carbocycles. The third kappa shape index (κ3) is 5.84. The minimum Gasteiger partial charge on any atom is -0.474 e. The summed E-state index contributed by atoms with van der Waals surface area (Å²) in [6.45, 7) is 12.3. The van der Waals surface area contributed by atoms with Gasteiger partial charge in [0.2, 0.25) is 0 Å². The second-order valence-corrected chi connectivity index (χ2v) is 2.62. The summed E-state index contributed by atoms with van der Waals surface area (Å²) in [6.07, 6.45) is 2.62. The number of hydrogen-bond donors (Lipinski definition) is 0. The second kappa shape index (κ2) is 7.87. The molecule has 1 rings (SSSR count). The van der Waals surface area contributed by atoms with Crippen LogP contribution in [-0.2, 0) is 4.74 Å². The summed E-state index contributed by atoms with van der Waals surface area (Å²) in [5, 5.41) is 0. The molecule has 0 saturated heterocycles. The molecule has 14 heavy (non-hydrogen) atoms. The van der Waals surface area contributed by atoms with E-state index in [0.717, 1.165) is 5.57 Å². The van der Waals surface area contributed by atoms with Gasteiger partial charge in [-0.3, -0.25) is 0 Å². The number of benzene rings is 1. The Labute approximate surface area is 86.0 Å². The van der Waals surface area contributed by atoms with Crippen LogP contribution in [0.2, 0.25) is 0 Å². The molecule has 0 atom stereocenters. The van der Waals surface area contributed by atoms with Crippen LogP contribution in [-0.4, -0.2) is 0 Å². The van der Waals surface area contributed by atoms with E-state index >= 15 is 0 Å². The molecule has 0 heterocycles. The van der Waals surface area contributed by atoms with E-state index in [-0.39, 0.29) is 0 Å². The Kier molecular flexibility index (Phi) is 6.88. The SMILES string of the molecule is C=C(C)c1ccccc1.C=COC=C. The van der Waals surface area contributed by atoms with Crippen LogP contribution in [0.25, 0.3) is 5.57 Å². The van der Waals surface area contributed by atoms with Gasteiger partial charge in [0, 0.05) is 0 Å². The molecule has 0 aromatic heterocycles. The fourth-order valence-corrected chi connectivity index (χ4v) is 0.791. The second-order valence-electron chi connectivity index (χ2n) is 2.62. The molecule has 1 aromatic rings. The van der Waals surface area contributed by atoms with Gasteiger partial charge in [0.1, 0.15) is 0 Å². The van der Waals surface area contributed by atoms with Gasteiger partial charge < -0.3 is 4.74 Å². The number of ether oxygens (including phenoxy) is 1. The van der Waals surface area contributed by atoms with Gasteiger partial charge in [0.05, 0.1) is 12.5 Å². The predicted molar refractivity (Wildman–Crippen MR) is 62.6 cm³/mol. The smallest absolute Gasteiger partial charge is 0.0829 e. The van der Waals surface area contributed by atoms with E-state index < -0.39 is 0 Å². The molecule has 0 aliphatic heterocycles. The molecule has 0 fully saturated rings. The van der Waals surface area contributed by atoms with Crippen molar-refractivity contribution in [1.29, 1.82) is 0 Å². The standard InChI is InChI=1S/C9H10.C4H6O/c1-8(2)9-6-4-3-5-7-9;1-3-5-4-2/h3-7H,1H2,2H3;3-4H,1-2H2. The van der Waals surface area contributed by atoms with Crippen LogP contribution in [0.15, 0.2) is 62.6 Å². The minimum absolute atomic E-state index is 1.12. The molecule has 0 aliphatic carbocycles. The molecule has 0 unspecified atom stereocenters. The Morgan fingerprint density at radius 1 is 1.14 bits per heavy atom. The average molecular weight is 188 g/mol. The number of allylic oxidation sites excluding steroid dienone is 1. The van der Waals surface area contributed by atoms with E-state index in [2.05, 4.69) is 36.6 Å². The van der Waals surface area contributed by atoms with Gasteiger partial charge in [0.25, 0.3) is 0 Å². The lowest BCUT2D eigenvalue weighted by atomic mass is 10.1. The van der Waals surface area contributed by atoms with Gasteiger partial charge >= 0.3 is 0 Å².